The number of benzene rings is 2. The minimum absolute atomic E-state index is 0.568. The van der Waals surface area contributed by atoms with Crippen LogP contribution in [0.5, 0.6) is 5.75 Å². The second-order valence-electron chi connectivity index (χ2n) is 4.44. The molecule has 0 saturated carbocycles. The first-order chi connectivity index (χ1) is 9.11. The van der Waals surface area contributed by atoms with Gasteiger partial charge in [0.2, 0.25) is 0 Å². The van der Waals surface area contributed by atoms with Crippen molar-refractivity contribution < 1.29 is 9.84 Å². The lowest BCUT2D eigenvalue weighted by Gasteiger charge is -2.16. The molecule has 0 spiro atoms. The van der Waals surface area contributed by atoms with Crippen LogP contribution in [-0.2, 0) is 0 Å². The molecule has 0 amide bonds. The zero-order chi connectivity index (χ0) is 13.8. The van der Waals surface area contributed by atoms with Gasteiger partial charge in [-0.25, -0.2) is 0 Å². The highest BCUT2D eigenvalue weighted by Gasteiger charge is 2.15. The van der Waals surface area contributed by atoms with Crippen LogP contribution in [0.2, 0.25) is 5.02 Å². The van der Waals surface area contributed by atoms with Crippen molar-refractivity contribution in [3.63, 3.8) is 0 Å². The van der Waals surface area contributed by atoms with Gasteiger partial charge < -0.3 is 9.84 Å². The molecule has 100 valence electrons. The highest BCUT2D eigenvalue weighted by atomic mass is 35.5. The lowest BCUT2D eigenvalue weighted by atomic mass is 9.99. The number of aliphatic hydroxyl groups excluding tert-OH is 1. The van der Waals surface area contributed by atoms with Gasteiger partial charge in [0.05, 0.1) is 6.61 Å². The molecule has 0 bridgehead atoms. The Labute approximate surface area is 118 Å². The van der Waals surface area contributed by atoms with Crippen LogP contribution in [0, 0.1) is 6.92 Å². The summed E-state index contributed by atoms with van der Waals surface area (Å²) in [6.07, 6.45) is -0.736. The van der Waals surface area contributed by atoms with Crippen LogP contribution in [0.3, 0.4) is 0 Å². The fourth-order valence-electron chi connectivity index (χ4n) is 2.10. The first-order valence-corrected chi connectivity index (χ1v) is 6.66. The van der Waals surface area contributed by atoms with Crippen molar-refractivity contribution in [3.8, 4) is 5.75 Å². The number of rotatable bonds is 4. The fraction of sp³-hybridized carbons (Fsp3) is 0.250. The van der Waals surface area contributed by atoms with E-state index in [4.69, 9.17) is 16.3 Å². The molecule has 0 aliphatic rings. The standard InChI is InChI=1S/C16H17ClO2/c1-3-19-15-7-5-4-6-14(15)16(18)12-8-11(2)9-13(17)10-12/h4-10,16,18H,3H2,1-2H3. The first-order valence-electron chi connectivity index (χ1n) is 6.28. The maximum atomic E-state index is 10.5. The number of hydrogen-bond acceptors (Lipinski definition) is 2. The Balaban J connectivity index is 2.40. The molecule has 0 aliphatic heterocycles. The van der Waals surface area contributed by atoms with Crippen molar-refractivity contribution in [1.29, 1.82) is 0 Å². The monoisotopic (exact) mass is 276 g/mol. The molecule has 0 fully saturated rings. The summed E-state index contributed by atoms with van der Waals surface area (Å²) in [5.74, 6) is 0.704. The largest absolute Gasteiger partial charge is 0.493 e. The van der Waals surface area contributed by atoms with Crippen LogP contribution in [0.15, 0.2) is 42.5 Å². The SMILES string of the molecule is CCOc1ccccc1C(O)c1cc(C)cc(Cl)c1. The quantitative estimate of drug-likeness (QED) is 0.910. The minimum Gasteiger partial charge on any atom is -0.493 e. The van der Waals surface area contributed by atoms with Gasteiger partial charge in [-0.3, -0.25) is 0 Å². The van der Waals surface area contributed by atoms with Crippen molar-refractivity contribution in [2.75, 3.05) is 6.61 Å². The average Bonchev–Trinajstić information content (AvgIpc) is 2.38. The summed E-state index contributed by atoms with van der Waals surface area (Å²) in [5.41, 5.74) is 2.55. The third kappa shape index (κ3) is 3.28. The number of aliphatic hydroxyl groups is 1. The summed E-state index contributed by atoms with van der Waals surface area (Å²) in [6.45, 7) is 4.45. The van der Waals surface area contributed by atoms with Crippen LogP contribution < -0.4 is 4.74 Å². The van der Waals surface area contributed by atoms with Crippen molar-refractivity contribution in [3.05, 3.63) is 64.2 Å². The van der Waals surface area contributed by atoms with Crippen molar-refractivity contribution in [2.45, 2.75) is 20.0 Å². The number of hydrogen-bond donors (Lipinski definition) is 1. The Hall–Kier alpha value is -1.51. The Bertz CT molecular complexity index is 546. The fourth-order valence-corrected chi connectivity index (χ4v) is 2.39. The lowest BCUT2D eigenvalue weighted by Crippen LogP contribution is -2.04. The summed E-state index contributed by atoms with van der Waals surface area (Å²) in [5, 5.41) is 11.1. The lowest BCUT2D eigenvalue weighted by molar-refractivity contribution is 0.212. The molecular formula is C16H17ClO2. The molecule has 2 aromatic carbocycles. The zero-order valence-corrected chi connectivity index (χ0v) is 11.8. The van der Waals surface area contributed by atoms with Crippen LogP contribution in [-0.4, -0.2) is 11.7 Å². The van der Waals surface area contributed by atoms with E-state index in [0.717, 1.165) is 16.7 Å². The van der Waals surface area contributed by atoms with Crippen molar-refractivity contribution in [2.24, 2.45) is 0 Å². The molecule has 0 radical (unpaired) electrons. The van der Waals surface area contributed by atoms with E-state index in [1.165, 1.54) is 0 Å². The second kappa shape index (κ2) is 6.09. The van der Waals surface area contributed by atoms with Gasteiger partial charge in [-0.2, -0.15) is 0 Å². The van der Waals surface area contributed by atoms with E-state index < -0.39 is 6.10 Å². The molecule has 19 heavy (non-hydrogen) atoms. The van der Waals surface area contributed by atoms with E-state index in [1.807, 2.05) is 50.2 Å². The predicted molar refractivity (Wildman–Crippen MR) is 77.9 cm³/mol. The van der Waals surface area contributed by atoms with Gasteiger partial charge in [0.15, 0.2) is 0 Å². The summed E-state index contributed by atoms with van der Waals surface area (Å²) in [7, 11) is 0. The third-order valence-corrected chi connectivity index (χ3v) is 3.11. The van der Waals surface area contributed by atoms with Crippen LogP contribution >= 0.6 is 11.6 Å². The number of ether oxygens (including phenoxy) is 1. The Kier molecular flexibility index (Phi) is 4.46. The Morgan fingerprint density at radius 2 is 1.95 bits per heavy atom. The molecule has 0 heterocycles. The molecule has 2 nitrogen and oxygen atoms in total. The van der Waals surface area contributed by atoms with E-state index in [-0.39, 0.29) is 0 Å². The maximum Gasteiger partial charge on any atom is 0.125 e. The molecule has 1 atom stereocenters. The van der Waals surface area contributed by atoms with Crippen molar-refractivity contribution >= 4 is 11.6 Å². The maximum absolute atomic E-state index is 10.5. The summed E-state index contributed by atoms with van der Waals surface area (Å²) >= 11 is 6.04. The average molecular weight is 277 g/mol. The van der Waals surface area contributed by atoms with E-state index in [9.17, 15) is 5.11 Å². The van der Waals surface area contributed by atoms with Crippen molar-refractivity contribution in [1.82, 2.24) is 0 Å². The van der Waals surface area contributed by atoms with E-state index in [0.29, 0.717) is 17.4 Å². The van der Waals surface area contributed by atoms with Crippen LogP contribution in [0.25, 0.3) is 0 Å². The summed E-state index contributed by atoms with van der Waals surface area (Å²) in [4.78, 5) is 0. The first kappa shape index (κ1) is 13.9. The number of halogens is 1. The number of para-hydroxylation sites is 1. The molecule has 0 aliphatic carbocycles. The van der Waals surface area contributed by atoms with Gasteiger partial charge in [-0.15, -0.1) is 0 Å². The normalized spacial score (nSPS) is 12.2. The van der Waals surface area contributed by atoms with Gasteiger partial charge in [0.25, 0.3) is 0 Å². The molecule has 2 aromatic rings. The number of aryl methyl sites for hydroxylation is 1. The highest BCUT2D eigenvalue weighted by Crippen LogP contribution is 2.31. The molecule has 0 aromatic heterocycles. The highest BCUT2D eigenvalue weighted by molar-refractivity contribution is 6.30. The molecular weight excluding hydrogens is 260 g/mol. The smallest absolute Gasteiger partial charge is 0.125 e. The van der Waals surface area contributed by atoms with Gasteiger partial charge in [-0.1, -0.05) is 35.9 Å². The molecule has 1 N–H and O–H groups in total. The Morgan fingerprint density at radius 1 is 1.21 bits per heavy atom. The summed E-state index contributed by atoms with van der Waals surface area (Å²) in [6, 6.07) is 13.1. The van der Waals surface area contributed by atoms with E-state index >= 15 is 0 Å². The topological polar surface area (TPSA) is 29.5 Å². The van der Waals surface area contributed by atoms with Gasteiger partial charge in [-0.05, 0) is 43.2 Å². The van der Waals surface area contributed by atoms with Gasteiger partial charge in [0, 0.05) is 10.6 Å². The third-order valence-electron chi connectivity index (χ3n) is 2.89. The van der Waals surface area contributed by atoms with Crippen LogP contribution in [0.1, 0.15) is 29.7 Å². The minimum atomic E-state index is -0.736. The Morgan fingerprint density at radius 3 is 2.63 bits per heavy atom. The molecule has 3 heteroatoms. The molecule has 0 saturated heterocycles. The van der Waals surface area contributed by atoms with E-state index in [1.54, 1.807) is 6.07 Å². The van der Waals surface area contributed by atoms with Crippen LogP contribution in [0.4, 0.5) is 0 Å². The van der Waals surface area contributed by atoms with Gasteiger partial charge >= 0.3 is 0 Å². The van der Waals surface area contributed by atoms with Gasteiger partial charge in [0.1, 0.15) is 11.9 Å². The molecule has 1 unspecified atom stereocenters. The predicted octanol–water partition coefficient (Wildman–Crippen LogP) is 4.13. The van der Waals surface area contributed by atoms with E-state index in [2.05, 4.69) is 0 Å². The zero-order valence-electron chi connectivity index (χ0n) is 11.1. The summed E-state index contributed by atoms with van der Waals surface area (Å²) < 4.78 is 5.55. The second-order valence-corrected chi connectivity index (χ2v) is 4.87. The molecule has 2 rings (SSSR count).